The first-order valence-corrected chi connectivity index (χ1v) is 12.1. The second-order valence-corrected chi connectivity index (χ2v) is 8.86. The predicted octanol–water partition coefficient (Wildman–Crippen LogP) is 6.13. The highest BCUT2D eigenvalue weighted by molar-refractivity contribution is 7.80. The summed E-state index contributed by atoms with van der Waals surface area (Å²) in [6.45, 7) is 6.04. The molecule has 1 aliphatic rings. The molecule has 0 unspecified atom stereocenters. The topological polar surface area (TPSA) is 18.5 Å². The molecule has 0 amide bonds. The van der Waals surface area contributed by atoms with Crippen molar-refractivity contribution in [1.82, 2.24) is 9.80 Å². The Hall–Kier alpha value is -2.69. The Balaban J connectivity index is 1.37. The third kappa shape index (κ3) is 5.76. The van der Waals surface area contributed by atoms with Gasteiger partial charge in [-0.1, -0.05) is 86.1 Å². The van der Waals surface area contributed by atoms with Gasteiger partial charge in [0.05, 0.1) is 6.04 Å². The predicted molar refractivity (Wildman–Crippen MR) is 139 cm³/mol. The number of aryl methyl sites for hydroxylation is 1. The summed E-state index contributed by atoms with van der Waals surface area (Å²) in [7, 11) is 0. The van der Waals surface area contributed by atoms with E-state index in [4.69, 9.17) is 12.2 Å². The van der Waals surface area contributed by atoms with Gasteiger partial charge >= 0.3 is 0 Å². The van der Waals surface area contributed by atoms with E-state index in [0.717, 1.165) is 43.4 Å². The van der Waals surface area contributed by atoms with Crippen LogP contribution in [0.2, 0.25) is 0 Å². The zero-order chi connectivity index (χ0) is 22.2. The van der Waals surface area contributed by atoms with Crippen molar-refractivity contribution in [2.45, 2.75) is 32.2 Å². The Morgan fingerprint density at radius 3 is 1.91 bits per heavy atom. The van der Waals surface area contributed by atoms with Crippen molar-refractivity contribution in [1.29, 1.82) is 0 Å². The molecule has 166 valence electrons. The Bertz CT molecular complexity index is 925. The van der Waals surface area contributed by atoms with Gasteiger partial charge in [0.2, 0.25) is 0 Å². The minimum absolute atomic E-state index is 0.275. The average molecular weight is 444 g/mol. The van der Waals surface area contributed by atoms with Gasteiger partial charge in [-0.25, -0.2) is 0 Å². The molecule has 3 aromatic rings. The highest BCUT2D eigenvalue weighted by Gasteiger charge is 2.27. The summed E-state index contributed by atoms with van der Waals surface area (Å²) in [6, 6.07) is 30.6. The quantitative estimate of drug-likeness (QED) is 0.442. The van der Waals surface area contributed by atoms with Crippen LogP contribution in [0.1, 0.15) is 42.5 Å². The zero-order valence-corrected chi connectivity index (χ0v) is 19.7. The van der Waals surface area contributed by atoms with Crippen LogP contribution in [0.25, 0.3) is 0 Å². The van der Waals surface area contributed by atoms with Crippen LogP contribution in [0.15, 0.2) is 84.9 Å². The number of piperazine rings is 1. The largest absolute Gasteiger partial charge is 0.346 e. The molecule has 0 atom stereocenters. The lowest BCUT2D eigenvalue weighted by molar-refractivity contribution is 0.151. The van der Waals surface area contributed by atoms with Crippen LogP contribution in [-0.4, -0.2) is 41.1 Å². The molecule has 1 aliphatic heterocycles. The number of rotatable bonds is 7. The molecule has 0 radical (unpaired) electrons. The molecule has 3 nitrogen and oxygen atoms in total. The maximum atomic E-state index is 5.75. The van der Waals surface area contributed by atoms with E-state index in [1.54, 1.807) is 0 Å². The molecule has 1 saturated heterocycles. The lowest BCUT2D eigenvalue weighted by Crippen LogP contribution is -2.50. The molecule has 0 spiro atoms. The van der Waals surface area contributed by atoms with Gasteiger partial charge in [-0.2, -0.15) is 0 Å². The molecular weight excluding hydrogens is 410 g/mol. The average Bonchev–Trinajstić information content (AvgIpc) is 2.85. The van der Waals surface area contributed by atoms with E-state index in [1.165, 1.54) is 29.5 Å². The summed E-state index contributed by atoms with van der Waals surface area (Å²) < 4.78 is 0. The SMILES string of the molecule is CCCCc1ccc(NC(=S)N2CCN(C(c3ccccc3)c3ccccc3)CC2)cc1. The smallest absolute Gasteiger partial charge is 0.173 e. The number of anilines is 1. The Labute approximate surface area is 198 Å². The number of benzene rings is 3. The van der Waals surface area contributed by atoms with Crippen molar-refractivity contribution in [3.63, 3.8) is 0 Å². The summed E-state index contributed by atoms with van der Waals surface area (Å²) >= 11 is 5.75. The number of nitrogens with zero attached hydrogens (tertiary/aromatic N) is 2. The Morgan fingerprint density at radius 1 is 0.812 bits per heavy atom. The van der Waals surface area contributed by atoms with Gasteiger partial charge in [0.1, 0.15) is 0 Å². The van der Waals surface area contributed by atoms with Crippen LogP contribution in [-0.2, 0) is 6.42 Å². The minimum atomic E-state index is 0.275. The maximum Gasteiger partial charge on any atom is 0.173 e. The van der Waals surface area contributed by atoms with Crippen LogP contribution in [0.4, 0.5) is 5.69 Å². The van der Waals surface area contributed by atoms with Gasteiger partial charge in [-0.05, 0) is 53.9 Å². The highest BCUT2D eigenvalue weighted by Crippen LogP contribution is 2.29. The van der Waals surface area contributed by atoms with Crippen molar-refractivity contribution in [3.05, 3.63) is 102 Å². The van der Waals surface area contributed by atoms with Crippen molar-refractivity contribution in [2.75, 3.05) is 31.5 Å². The normalized spacial score (nSPS) is 14.5. The third-order valence-corrected chi connectivity index (χ3v) is 6.58. The van der Waals surface area contributed by atoms with Crippen LogP contribution >= 0.6 is 12.2 Å². The van der Waals surface area contributed by atoms with Crippen LogP contribution < -0.4 is 5.32 Å². The molecule has 4 rings (SSSR count). The first-order chi connectivity index (χ1) is 15.7. The number of hydrogen-bond acceptors (Lipinski definition) is 2. The Kier molecular flexibility index (Phi) is 7.92. The molecule has 0 aromatic heterocycles. The number of thiocarbonyl (C=S) groups is 1. The summed E-state index contributed by atoms with van der Waals surface area (Å²) in [6.07, 6.45) is 3.61. The lowest BCUT2D eigenvalue weighted by Gasteiger charge is -2.40. The van der Waals surface area contributed by atoms with Crippen molar-refractivity contribution in [3.8, 4) is 0 Å². The molecule has 3 aromatic carbocycles. The lowest BCUT2D eigenvalue weighted by atomic mass is 9.96. The molecule has 0 bridgehead atoms. The van der Waals surface area contributed by atoms with E-state index in [0.29, 0.717) is 0 Å². The second-order valence-electron chi connectivity index (χ2n) is 8.48. The van der Waals surface area contributed by atoms with Gasteiger partial charge in [0.25, 0.3) is 0 Å². The molecule has 0 aliphatic carbocycles. The van der Waals surface area contributed by atoms with E-state index in [2.05, 4.69) is 107 Å². The standard InChI is InChI=1S/C28H33N3S/c1-2-3-10-23-15-17-26(18-16-23)29-28(32)31-21-19-30(20-22-31)27(24-11-6-4-7-12-24)25-13-8-5-9-14-25/h4-9,11-18,27H,2-3,10,19-22H2,1H3,(H,29,32). The van der Waals surface area contributed by atoms with Crippen LogP contribution in [0, 0.1) is 0 Å². The van der Waals surface area contributed by atoms with E-state index >= 15 is 0 Å². The molecular formula is C28H33N3S. The van der Waals surface area contributed by atoms with E-state index < -0.39 is 0 Å². The highest BCUT2D eigenvalue weighted by atomic mass is 32.1. The first-order valence-electron chi connectivity index (χ1n) is 11.7. The number of hydrogen-bond donors (Lipinski definition) is 1. The number of nitrogens with one attached hydrogen (secondary N) is 1. The van der Waals surface area contributed by atoms with Gasteiger partial charge in [-0.15, -0.1) is 0 Å². The Morgan fingerprint density at radius 2 is 1.38 bits per heavy atom. The van der Waals surface area contributed by atoms with Crippen molar-refractivity contribution in [2.24, 2.45) is 0 Å². The fourth-order valence-corrected chi connectivity index (χ4v) is 4.71. The molecule has 32 heavy (non-hydrogen) atoms. The van der Waals surface area contributed by atoms with Gasteiger partial charge < -0.3 is 10.2 Å². The van der Waals surface area contributed by atoms with Gasteiger partial charge in [0.15, 0.2) is 5.11 Å². The molecule has 1 N–H and O–H groups in total. The van der Waals surface area contributed by atoms with Gasteiger partial charge in [-0.3, -0.25) is 4.90 Å². The molecule has 4 heteroatoms. The minimum Gasteiger partial charge on any atom is -0.346 e. The third-order valence-electron chi connectivity index (χ3n) is 6.22. The maximum absolute atomic E-state index is 5.75. The van der Waals surface area contributed by atoms with Crippen molar-refractivity contribution >= 4 is 23.0 Å². The van der Waals surface area contributed by atoms with Crippen molar-refractivity contribution < 1.29 is 0 Å². The fraction of sp³-hybridized carbons (Fsp3) is 0.321. The zero-order valence-electron chi connectivity index (χ0n) is 18.9. The first kappa shape index (κ1) is 22.5. The summed E-state index contributed by atoms with van der Waals surface area (Å²) in [4.78, 5) is 4.87. The van der Waals surface area contributed by atoms with E-state index in [9.17, 15) is 0 Å². The number of unbranched alkanes of at least 4 members (excludes halogenated alkanes) is 1. The van der Waals surface area contributed by atoms with E-state index in [-0.39, 0.29) is 6.04 Å². The molecule has 1 heterocycles. The van der Waals surface area contributed by atoms with Gasteiger partial charge in [0, 0.05) is 31.9 Å². The summed E-state index contributed by atoms with van der Waals surface area (Å²) in [5.74, 6) is 0. The second kappa shape index (κ2) is 11.3. The fourth-order valence-electron chi connectivity index (χ4n) is 4.41. The van der Waals surface area contributed by atoms with Crippen LogP contribution in [0.3, 0.4) is 0 Å². The molecule has 0 saturated carbocycles. The van der Waals surface area contributed by atoms with E-state index in [1.807, 2.05) is 0 Å². The summed E-state index contributed by atoms with van der Waals surface area (Å²) in [5, 5.41) is 4.26. The molecule has 1 fully saturated rings. The van der Waals surface area contributed by atoms with Crippen LogP contribution in [0.5, 0.6) is 0 Å². The summed E-state index contributed by atoms with van der Waals surface area (Å²) in [5.41, 5.74) is 5.15. The monoisotopic (exact) mass is 443 g/mol.